The molecule has 0 N–H and O–H groups in total. The zero-order valence-electron chi connectivity index (χ0n) is 15.7. The highest BCUT2D eigenvalue weighted by Gasteiger charge is 2.27. The van der Waals surface area contributed by atoms with Gasteiger partial charge in [-0.05, 0) is 39.1 Å². The van der Waals surface area contributed by atoms with Crippen molar-refractivity contribution in [3.63, 3.8) is 0 Å². The predicted molar refractivity (Wildman–Crippen MR) is 107 cm³/mol. The molecule has 0 bridgehead atoms. The number of thioether (sulfide) groups is 1. The number of imidazole rings is 1. The van der Waals surface area contributed by atoms with Crippen LogP contribution in [0, 0.1) is 0 Å². The molecule has 1 amide bonds. The number of hydrogen-bond acceptors (Lipinski definition) is 4. The number of nitrogens with zero attached hydrogens (tertiary/aromatic N) is 4. The molecule has 5 nitrogen and oxygen atoms in total. The van der Waals surface area contributed by atoms with Gasteiger partial charge in [-0.25, -0.2) is 4.98 Å². The maximum atomic E-state index is 12.7. The van der Waals surface area contributed by atoms with Crippen LogP contribution in [0.3, 0.4) is 0 Å². The molecule has 26 heavy (non-hydrogen) atoms. The van der Waals surface area contributed by atoms with E-state index in [1.807, 2.05) is 29.3 Å². The first-order valence-electron chi connectivity index (χ1n) is 9.25. The second-order valence-electron chi connectivity index (χ2n) is 7.06. The third-order valence-corrected chi connectivity index (χ3v) is 5.78. The topological polar surface area (TPSA) is 41.4 Å². The fourth-order valence-corrected chi connectivity index (χ4v) is 4.17. The van der Waals surface area contributed by atoms with Crippen molar-refractivity contribution >= 4 is 17.7 Å². The molecular weight excluding hydrogens is 344 g/mol. The van der Waals surface area contributed by atoms with Gasteiger partial charge in [0, 0.05) is 49.4 Å². The van der Waals surface area contributed by atoms with E-state index in [1.165, 1.54) is 0 Å². The second kappa shape index (κ2) is 9.24. The number of likely N-dealkylation sites (tertiary alicyclic amines) is 1. The van der Waals surface area contributed by atoms with Gasteiger partial charge in [-0.2, -0.15) is 0 Å². The zero-order chi connectivity index (χ0) is 18.4. The molecule has 0 saturated carbocycles. The molecule has 6 heteroatoms. The lowest BCUT2D eigenvalue weighted by atomic mass is 9.97. The summed E-state index contributed by atoms with van der Waals surface area (Å²) in [4.78, 5) is 22.6. The Labute approximate surface area is 160 Å². The molecule has 0 aliphatic carbocycles. The standard InChI is InChI=1S/C20H28N4OS/c1-22(2)13-14-23-12-10-21-20(23)17-7-6-11-24(15-17)19(25)16-26-18-8-4-3-5-9-18/h3-5,8-10,12,17H,6-7,11,13-16H2,1-2H3/t17-/m1/s1. The molecule has 1 fully saturated rings. The van der Waals surface area contributed by atoms with E-state index in [0.717, 1.165) is 49.7 Å². The fourth-order valence-electron chi connectivity index (χ4n) is 3.34. The van der Waals surface area contributed by atoms with E-state index < -0.39 is 0 Å². The average Bonchev–Trinajstić information content (AvgIpc) is 3.14. The summed E-state index contributed by atoms with van der Waals surface area (Å²) in [5.74, 6) is 2.20. The molecule has 0 spiro atoms. The van der Waals surface area contributed by atoms with Gasteiger partial charge in [-0.3, -0.25) is 4.79 Å². The molecule has 3 rings (SSSR count). The summed E-state index contributed by atoms with van der Waals surface area (Å²) in [6.45, 7) is 3.58. The fraction of sp³-hybridized carbons (Fsp3) is 0.500. The first kappa shape index (κ1) is 19.0. The van der Waals surface area contributed by atoms with Crippen LogP contribution in [0.15, 0.2) is 47.6 Å². The van der Waals surface area contributed by atoms with E-state index in [-0.39, 0.29) is 5.91 Å². The van der Waals surface area contributed by atoms with E-state index in [1.54, 1.807) is 11.8 Å². The van der Waals surface area contributed by atoms with Crippen LogP contribution >= 0.6 is 11.8 Å². The van der Waals surface area contributed by atoms with Gasteiger partial charge in [-0.15, -0.1) is 11.8 Å². The van der Waals surface area contributed by atoms with Crippen molar-refractivity contribution in [2.45, 2.75) is 30.2 Å². The van der Waals surface area contributed by atoms with Gasteiger partial charge in [-0.1, -0.05) is 18.2 Å². The molecule has 1 saturated heterocycles. The van der Waals surface area contributed by atoms with Crippen LogP contribution in [0.1, 0.15) is 24.6 Å². The number of carbonyl (C=O) groups excluding carboxylic acids is 1. The number of likely N-dealkylation sites (N-methyl/N-ethyl adjacent to an activating group) is 1. The van der Waals surface area contributed by atoms with Crippen LogP contribution in [-0.4, -0.2) is 64.7 Å². The van der Waals surface area contributed by atoms with Crippen LogP contribution in [0.5, 0.6) is 0 Å². The molecule has 1 aliphatic heterocycles. The number of piperidine rings is 1. The number of carbonyl (C=O) groups is 1. The predicted octanol–water partition coefficient (Wildman–Crippen LogP) is 2.94. The van der Waals surface area contributed by atoms with Gasteiger partial charge in [0.25, 0.3) is 0 Å². The molecule has 1 aromatic heterocycles. The van der Waals surface area contributed by atoms with Crippen molar-refractivity contribution in [3.05, 3.63) is 48.5 Å². The maximum Gasteiger partial charge on any atom is 0.232 e. The normalized spacial score (nSPS) is 17.7. The molecule has 0 radical (unpaired) electrons. The Morgan fingerprint density at radius 1 is 1.31 bits per heavy atom. The highest BCUT2D eigenvalue weighted by molar-refractivity contribution is 8.00. The summed E-state index contributed by atoms with van der Waals surface area (Å²) in [6.07, 6.45) is 6.10. The summed E-state index contributed by atoms with van der Waals surface area (Å²) in [5.41, 5.74) is 0. The molecule has 2 aromatic rings. The van der Waals surface area contributed by atoms with Crippen molar-refractivity contribution in [1.29, 1.82) is 0 Å². The first-order chi connectivity index (χ1) is 12.6. The van der Waals surface area contributed by atoms with E-state index in [0.29, 0.717) is 11.7 Å². The Morgan fingerprint density at radius 2 is 2.12 bits per heavy atom. The van der Waals surface area contributed by atoms with Crippen molar-refractivity contribution in [2.75, 3.05) is 39.5 Å². The Bertz CT molecular complexity index is 701. The van der Waals surface area contributed by atoms with Crippen LogP contribution in [0.2, 0.25) is 0 Å². The van der Waals surface area contributed by atoms with Gasteiger partial charge < -0.3 is 14.4 Å². The summed E-state index contributed by atoms with van der Waals surface area (Å²) in [7, 11) is 4.17. The third kappa shape index (κ3) is 5.11. The Kier molecular flexibility index (Phi) is 6.74. The van der Waals surface area contributed by atoms with Crippen molar-refractivity contribution < 1.29 is 4.79 Å². The Balaban J connectivity index is 1.57. The van der Waals surface area contributed by atoms with Gasteiger partial charge in [0.2, 0.25) is 5.91 Å². The Morgan fingerprint density at radius 3 is 2.88 bits per heavy atom. The number of benzene rings is 1. The Hall–Kier alpha value is -1.79. The van der Waals surface area contributed by atoms with Gasteiger partial charge in [0.15, 0.2) is 0 Å². The largest absolute Gasteiger partial charge is 0.341 e. The van der Waals surface area contributed by atoms with Crippen molar-refractivity contribution in [3.8, 4) is 0 Å². The van der Waals surface area contributed by atoms with E-state index in [2.05, 4.69) is 46.9 Å². The highest BCUT2D eigenvalue weighted by atomic mass is 32.2. The van der Waals surface area contributed by atoms with Gasteiger partial charge in [0.05, 0.1) is 5.75 Å². The molecular formula is C20H28N4OS. The minimum absolute atomic E-state index is 0.231. The van der Waals surface area contributed by atoms with E-state index in [9.17, 15) is 4.79 Å². The van der Waals surface area contributed by atoms with Crippen molar-refractivity contribution in [2.24, 2.45) is 0 Å². The van der Waals surface area contributed by atoms with E-state index >= 15 is 0 Å². The number of rotatable bonds is 7. The molecule has 1 aliphatic rings. The summed E-state index contributed by atoms with van der Waals surface area (Å²) in [6, 6.07) is 10.1. The molecule has 0 unspecified atom stereocenters. The van der Waals surface area contributed by atoms with Crippen LogP contribution in [0.25, 0.3) is 0 Å². The summed E-state index contributed by atoms with van der Waals surface area (Å²) < 4.78 is 2.25. The smallest absolute Gasteiger partial charge is 0.232 e. The zero-order valence-corrected chi connectivity index (χ0v) is 16.5. The number of amides is 1. The average molecular weight is 373 g/mol. The lowest BCUT2D eigenvalue weighted by molar-refractivity contribution is -0.129. The highest BCUT2D eigenvalue weighted by Crippen LogP contribution is 2.27. The maximum absolute atomic E-state index is 12.7. The quantitative estimate of drug-likeness (QED) is 0.701. The minimum Gasteiger partial charge on any atom is -0.341 e. The molecule has 140 valence electrons. The molecule has 1 atom stereocenters. The van der Waals surface area contributed by atoms with Crippen LogP contribution in [-0.2, 0) is 11.3 Å². The van der Waals surface area contributed by atoms with Crippen molar-refractivity contribution in [1.82, 2.24) is 19.4 Å². The summed E-state index contributed by atoms with van der Waals surface area (Å²) in [5, 5.41) is 0. The SMILES string of the molecule is CN(C)CCn1ccnc1[C@@H]1CCCN(C(=O)CSc2ccccc2)C1. The van der Waals surface area contributed by atoms with Gasteiger partial charge >= 0.3 is 0 Å². The lowest BCUT2D eigenvalue weighted by Crippen LogP contribution is -2.40. The van der Waals surface area contributed by atoms with E-state index in [4.69, 9.17) is 0 Å². The third-order valence-electron chi connectivity index (χ3n) is 4.78. The van der Waals surface area contributed by atoms with Gasteiger partial charge in [0.1, 0.15) is 5.82 Å². The monoisotopic (exact) mass is 372 g/mol. The second-order valence-corrected chi connectivity index (χ2v) is 8.11. The van der Waals surface area contributed by atoms with Crippen LogP contribution < -0.4 is 0 Å². The summed E-state index contributed by atoms with van der Waals surface area (Å²) >= 11 is 1.62. The lowest BCUT2D eigenvalue weighted by Gasteiger charge is -2.32. The molecule has 2 heterocycles. The van der Waals surface area contributed by atoms with Crippen LogP contribution in [0.4, 0.5) is 0 Å². The minimum atomic E-state index is 0.231. The number of aromatic nitrogens is 2. The number of hydrogen-bond donors (Lipinski definition) is 0. The first-order valence-corrected chi connectivity index (χ1v) is 10.2. The molecule has 1 aromatic carbocycles.